The van der Waals surface area contributed by atoms with Gasteiger partial charge in [0.2, 0.25) is 0 Å². The Hall–Kier alpha value is -1.47. The van der Waals surface area contributed by atoms with Crippen molar-refractivity contribution in [2.75, 3.05) is 26.2 Å². The second kappa shape index (κ2) is 8.98. The van der Waals surface area contributed by atoms with Gasteiger partial charge in [-0.15, -0.1) is 5.10 Å². The highest BCUT2D eigenvalue weighted by atomic mass is 16.3. The zero-order valence-corrected chi connectivity index (χ0v) is 14.2. The quantitative estimate of drug-likeness (QED) is 0.663. The van der Waals surface area contributed by atoms with Crippen LogP contribution in [0.15, 0.2) is 6.20 Å². The van der Waals surface area contributed by atoms with Crippen LogP contribution in [0.5, 0.6) is 0 Å². The first-order chi connectivity index (χ1) is 11.1. The van der Waals surface area contributed by atoms with Gasteiger partial charge in [0.1, 0.15) is 0 Å². The van der Waals surface area contributed by atoms with E-state index >= 15 is 0 Å². The number of amides is 1. The molecule has 23 heavy (non-hydrogen) atoms. The van der Waals surface area contributed by atoms with E-state index in [1.54, 1.807) is 6.20 Å². The van der Waals surface area contributed by atoms with Crippen molar-refractivity contribution >= 4 is 5.91 Å². The molecular formula is C16H29N5O2. The zero-order chi connectivity index (χ0) is 16.7. The first-order valence-electron chi connectivity index (χ1n) is 8.61. The smallest absolute Gasteiger partial charge is 0.273 e. The van der Waals surface area contributed by atoms with Crippen LogP contribution in [-0.4, -0.2) is 52.2 Å². The summed E-state index contributed by atoms with van der Waals surface area (Å²) < 4.78 is 1.81. The Labute approximate surface area is 137 Å². The van der Waals surface area contributed by atoms with Crippen LogP contribution in [0.4, 0.5) is 0 Å². The minimum atomic E-state index is -0.183. The van der Waals surface area contributed by atoms with Gasteiger partial charge in [-0.1, -0.05) is 19.1 Å². The number of aromatic nitrogens is 3. The third kappa shape index (κ3) is 5.58. The lowest BCUT2D eigenvalue weighted by molar-refractivity contribution is 0.0936. The van der Waals surface area contributed by atoms with E-state index < -0.39 is 0 Å². The van der Waals surface area contributed by atoms with Crippen LogP contribution >= 0.6 is 0 Å². The van der Waals surface area contributed by atoms with Gasteiger partial charge in [0, 0.05) is 13.2 Å². The molecule has 1 aliphatic rings. The molecule has 130 valence electrons. The average Bonchev–Trinajstić information content (AvgIpc) is 3.03. The Morgan fingerprint density at radius 2 is 2.22 bits per heavy atom. The Morgan fingerprint density at radius 1 is 1.48 bits per heavy atom. The van der Waals surface area contributed by atoms with Gasteiger partial charge in [0.05, 0.1) is 12.2 Å². The van der Waals surface area contributed by atoms with Gasteiger partial charge in [0.15, 0.2) is 5.69 Å². The van der Waals surface area contributed by atoms with E-state index in [0.29, 0.717) is 36.5 Å². The predicted molar refractivity (Wildman–Crippen MR) is 88.1 cm³/mol. The molecule has 0 saturated carbocycles. The van der Waals surface area contributed by atoms with Crippen LogP contribution in [0.1, 0.15) is 56.1 Å². The molecule has 7 heteroatoms. The molecule has 1 atom stereocenters. The molecule has 1 aromatic rings. The Morgan fingerprint density at radius 3 is 2.87 bits per heavy atom. The molecule has 0 aromatic carbocycles. The minimum Gasteiger partial charge on any atom is -0.396 e. The maximum absolute atomic E-state index is 12.2. The van der Waals surface area contributed by atoms with E-state index in [2.05, 4.69) is 34.8 Å². The molecule has 0 aliphatic carbocycles. The molecular weight excluding hydrogens is 294 g/mol. The van der Waals surface area contributed by atoms with E-state index in [9.17, 15) is 4.79 Å². The molecule has 0 radical (unpaired) electrons. The highest BCUT2D eigenvalue weighted by Crippen LogP contribution is 2.17. The molecule has 2 rings (SSSR count). The Balaban J connectivity index is 1.86. The fourth-order valence-electron chi connectivity index (χ4n) is 3.11. The van der Waals surface area contributed by atoms with E-state index in [4.69, 9.17) is 5.11 Å². The van der Waals surface area contributed by atoms with Crippen molar-refractivity contribution in [2.24, 2.45) is 11.8 Å². The monoisotopic (exact) mass is 323 g/mol. The second-order valence-corrected chi connectivity index (χ2v) is 6.78. The summed E-state index contributed by atoms with van der Waals surface area (Å²) in [5, 5.41) is 23.5. The first-order valence-corrected chi connectivity index (χ1v) is 8.61. The molecule has 1 aromatic heterocycles. The van der Waals surface area contributed by atoms with E-state index in [-0.39, 0.29) is 12.5 Å². The molecule has 1 fully saturated rings. The Bertz CT molecular complexity index is 483. The summed E-state index contributed by atoms with van der Waals surface area (Å²) in [5.41, 5.74) is 0.371. The highest BCUT2D eigenvalue weighted by Gasteiger charge is 2.19. The number of nitrogens with zero attached hydrogens (tertiary/aromatic N) is 3. The summed E-state index contributed by atoms with van der Waals surface area (Å²) in [7, 11) is 0. The van der Waals surface area contributed by atoms with Crippen LogP contribution in [0, 0.1) is 11.8 Å². The van der Waals surface area contributed by atoms with E-state index in [1.165, 1.54) is 0 Å². The molecule has 0 bridgehead atoms. The third-order valence-corrected chi connectivity index (χ3v) is 4.32. The summed E-state index contributed by atoms with van der Waals surface area (Å²) in [6, 6.07) is 0.327. The summed E-state index contributed by atoms with van der Waals surface area (Å²) in [6.45, 7) is 6.97. The van der Waals surface area contributed by atoms with Crippen molar-refractivity contribution < 1.29 is 9.90 Å². The van der Waals surface area contributed by atoms with Crippen LogP contribution in [0.25, 0.3) is 0 Å². The molecule has 1 saturated heterocycles. The van der Waals surface area contributed by atoms with Crippen LogP contribution < -0.4 is 10.6 Å². The average molecular weight is 323 g/mol. The molecule has 2 heterocycles. The number of hydrogen-bond donors (Lipinski definition) is 3. The van der Waals surface area contributed by atoms with Gasteiger partial charge >= 0.3 is 0 Å². The number of aliphatic hydroxyl groups excluding tert-OH is 1. The summed E-state index contributed by atoms with van der Waals surface area (Å²) in [4.78, 5) is 12.2. The van der Waals surface area contributed by atoms with Crippen LogP contribution in [0.3, 0.4) is 0 Å². The van der Waals surface area contributed by atoms with Crippen molar-refractivity contribution in [3.05, 3.63) is 11.9 Å². The normalized spacial score (nSPS) is 17.4. The van der Waals surface area contributed by atoms with Gasteiger partial charge in [-0.3, -0.25) is 4.79 Å². The van der Waals surface area contributed by atoms with Crippen molar-refractivity contribution in [3.8, 4) is 0 Å². The van der Waals surface area contributed by atoms with Crippen molar-refractivity contribution in [1.29, 1.82) is 0 Å². The molecule has 1 amide bonds. The maximum Gasteiger partial charge on any atom is 0.273 e. The lowest BCUT2D eigenvalue weighted by Crippen LogP contribution is -2.31. The van der Waals surface area contributed by atoms with E-state index in [0.717, 1.165) is 32.4 Å². The van der Waals surface area contributed by atoms with E-state index in [1.807, 2.05) is 4.68 Å². The third-order valence-electron chi connectivity index (χ3n) is 4.32. The summed E-state index contributed by atoms with van der Waals surface area (Å²) >= 11 is 0. The van der Waals surface area contributed by atoms with Crippen molar-refractivity contribution in [1.82, 2.24) is 25.6 Å². The molecule has 3 N–H and O–H groups in total. The van der Waals surface area contributed by atoms with Gasteiger partial charge < -0.3 is 15.7 Å². The number of rotatable bonds is 8. The van der Waals surface area contributed by atoms with Crippen molar-refractivity contribution in [2.45, 2.75) is 45.6 Å². The number of aliphatic hydroxyl groups is 1. The highest BCUT2D eigenvalue weighted by molar-refractivity contribution is 5.91. The number of nitrogens with one attached hydrogen (secondary N) is 2. The summed E-state index contributed by atoms with van der Waals surface area (Å²) in [6.07, 6.45) is 5.46. The fourth-order valence-corrected chi connectivity index (χ4v) is 3.11. The Kier molecular flexibility index (Phi) is 6.98. The number of hydrogen-bond acceptors (Lipinski definition) is 5. The van der Waals surface area contributed by atoms with Crippen LogP contribution in [0.2, 0.25) is 0 Å². The second-order valence-electron chi connectivity index (χ2n) is 6.78. The molecule has 7 nitrogen and oxygen atoms in total. The minimum absolute atomic E-state index is 0.152. The first kappa shape index (κ1) is 17.9. The number of piperidine rings is 1. The standard InChI is InChI=1S/C16H29N5O2/c1-12(2)9-13(5-8-22)10-18-16(23)15-11-21(20-19-15)14-3-6-17-7-4-14/h11-14,17,22H,3-10H2,1-2H3,(H,18,23). The van der Waals surface area contributed by atoms with Gasteiger partial charge in [0.25, 0.3) is 5.91 Å². The summed E-state index contributed by atoms with van der Waals surface area (Å²) in [5.74, 6) is 0.657. The lowest BCUT2D eigenvalue weighted by Gasteiger charge is -2.22. The molecule has 1 unspecified atom stereocenters. The molecule has 1 aliphatic heterocycles. The SMILES string of the molecule is CC(C)CC(CCO)CNC(=O)c1cn(C2CCNCC2)nn1. The van der Waals surface area contributed by atoms with Gasteiger partial charge in [-0.05, 0) is 50.6 Å². The lowest BCUT2D eigenvalue weighted by atomic mass is 9.94. The topological polar surface area (TPSA) is 92.1 Å². The zero-order valence-electron chi connectivity index (χ0n) is 14.2. The fraction of sp³-hybridized carbons (Fsp3) is 0.812. The largest absolute Gasteiger partial charge is 0.396 e. The van der Waals surface area contributed by atoms with Gasteiger partial charge in [-0.2, -0.15) is 0 Å². The van der Waals surface area contributed by atoms with Crippen molar-refractivity contribution in [3.63, 3.8) is 0 Å². The van der Waals surface area contributed by atoms with Crippen LogP contribution in [-0.2, 0) is 0 Å². The predicted octanol–water partition coefficient (Wildman–Crippen LogP) is 0.977. The number of carbonyl (C=O) groups is 1. The van der Waals surface area contributed by atoms with Gasteiger partial charge in [-0.25, -0.2) is 4.68 Å². The number of carbonyl (C=O) groups excluding carboxylic acids is 1. The molecule has 0 spiro atoms. The maximum atomic E-state index is 12.2.